The molecule has 1 N–H and O–H groups in total. The van der Waals surface area contributed by atoms with Crippen LogP contribution in [0.1, 0.15) is 19.8 Å². The molecule has 3 heteroatoms. The van der Waals surface area contributed by atoms with Gasteiger partial charge in [-0.1, -0.05) is 0 Å². The van der Waals surface area contributed by atoms with Gasteiger partial charge in [0, 0.05) is 6.04 Å². The van der Waals surface area contributed by atoms with E-state index in [9.17, 15) is 4.39 Å². The standard InChI is InChI=1S/C8H18FNS/c1-8(4-7-11-2)10-6-3-5-9/h8,10H,3-7H2,1-2H3. The summed E-state index contributed by atoms with van der Waals surface area (Å²) in [4.78, 5) is 0. The maximum absolute atomic E-state index is 11.7. The Morgan fingerprint density at radius 3 is 2.82 bits per heavy atom. The summed E-state index contributed by atoms with van der Waals surface area (Å²) in [5.41, 5.74) is 0. The number of alkyl halides is 1. The van der Waals surface area contributed by atoms with Gasteiger partial charge in [-0.05, 0) is 38.3 Å². The molecule has 1 unspecified atom stereocenters. The van der Waals surface area contributed by atoms with E-state index in [2.05, 4.69) is 18.5 Å². The minimum Gasteiger partial charge on any atom is -0.314 e. The van der Waals surface area contributed by atoms with Crippen LogP contribution in [0.3, 0.4) is 0 Å². The molecule has 0 radical (unpaired) electrons. The number of halogens is 1. The summed E-state index contributed by atoms with van der Waals surface area (Å²) in [7, 11) is 0. The molecule has 0 heterocycles. The van der Waals surface area contributed by atoms with Gasteiger partial charge in [0.05, 0.1) is 6.67 Å². The fourth-order valence-corrected chi connectivity index (χ4v) is 1.40. The minimum absolute atomic E-state index is 0.206. The van der Waals surface area contributed by atoms with Gasteiger partial charge in [0.2, 0.25) is 0 Å². The predicted molar refractivity (Wildman–Crippen MR) is 51.1 cm³/mol. The van der Waals surface area contributed by atoms with Crippen molar-refractivity contribution < 1.29 is 4.39 Å². The second-order valence-corrected chi connectivity index (χ2v) is 3.66. The molecule has 0 amide bonds. The van der Waals surface area contributed by atoms with E-state index in [1.807, 2.05) is 11.8 Å². The lowest BCUT2D eigenvalue weighted by Crippen LogP contribution is -2.27. The monoisotopic (exact) mass is 179 g/mol. The average Bonchev–Trinajstić information content (AvgIpc) is 2.01. The Bertz CT molecular complexity index is 80.5. The van der Waals surface area contributed by atoms with E-state index in [4.69, 9.17) is 0 Å². The molecule has 0 aromatic heterocycles. The summed E-state index contributed by atoms with van der Waals surface area (Å²) in [5.74, 6) is 1.18. The highest BCUT2D eigenvalue weighted by Crippen LogP contribution is 1.99. The fraction of sp³-hybridized carbons (Fsp3) is 1.00. The van der Waals surface area contributed by atoms with Crippen LogP contribution in [0, 0.1) is 0 Å². The zero-order valence-electron chi connectivity index (χ0n) is 7.40. The Hall–Kier alpha value is 0.240. The van der Waals surface area contributed by atoms with E-state index >= 15 is 0 Å². The minimum atomic E-state index is -0.206. The van der Waals surface area contributed by atoms with Gasteiger partial charge >= 0.3 is 0 Å². The van der Waals surface area contributed by atoms with Crippen LogP contribution in [0.25, 0.3) is 0 Å². The van der Waals surface area contributed by atoms with Crippen molar-refractivity contribution in [2.24, 2.45) is 0 Å². The molecule has 11 heavy (non-hydrogen) atoms. The Balaban J connectivity index is 3.02. The van der Waals surface area contributed by atoms with E-state index in [0.29, 0.717) is 12.5 Å². The SMILES string of the molecule is CSCCC(C)NCCCF. The molecule has 0 aromatic rings. The number of thioether (sulfide) groups is 1. The van der Waals surface area contributed by atoms with Crippen LogP contribution in [0.4, 0.5) is 4.39 Å². The first kappa shape index (κ1) is 11.2. The summed E-state index contributed by atoms with van der Waals surface area (Å²) in [6.07, 6.45) is 3.92. The largest absolute Gasteiger partial charge is 0.314 e. The van der Waals surface area contributed by atoms with Crippen molar-refractivity contribution >= 4 is 11.8 Å². The average molecular weight is 179 g/mol. The number of hydrogen-bond donors (Lipinski definition) is 1. The quantitative estimate of drug-likeness (QED) is 0.600. The van der Waals surface area contributed by atoms with Crippen molar-refractivity contribution in [2.75, 3.05) is 25.2 Å². The van der Waals surface area contributed by atoms with Crippen molar-refractivity contribution in [2.45, 2.75) is 25.8 Å². The molecule has 0 aliphatic carbocycles. The first-order chi connectivity index (χ1) is 5.31. The van der Waals surface area contributed by atoms with Crippen molar-refractivity contribution in [3.8, 4) is 0 Å². The van der Waals surface area contributed by atoms with Crippen LogP contribution in [-0.2, 0) is 0 Å². The summed E-state index contributed by atoms with van der Waals surface area (Å²) < 4.78 is 11.7. The third-order valence-corrected chi connectivity index (χ3v) is 2.20. The summed E-state index contributed by atoms with van der Waals surface area (Å²) >= 11 is 1.86. The van der Waals surface area contributed by atoms with E-state index in [0.717, 1.165) is 6.54 Å². The zero-order chi connectivity index (χ0) is 8.53. The third-order valence-electron chi connectivity index (χ3n) is 1.56. The lowest BCUT2D eigenvalue weighted by Gasteiger charge is -2.11. The normalized spacial score (nSPS) is 13.4. The predicted octanol–water partition coefficient (Wildman–Crippen LogP) is 2.08. The van der Waals surface area contributed by atoms with Gasteiger partial charge in [-0.2, -0.15) is 11.8 Å². The van der Waals surface area contributed by atoms with Gasteiger partial charge in [-0.25, -0.2) is 0 Å². The van der Waals surface area contributed by atoms with E-state index in [1.165, 1.54) is 12.2 Å². The van der Waals surface area contributed by atoms with Crippen LogP contribution in [0.2, 0.25) is 0 Å². The van der Waals surface area contributed by atoms with Crippen molar-refractivity contribution in [3.63, 3.8) is 0 Å². The lowest BCUT2D eigenvalue weighted by atomic mass is 10.2. The van der Waals surface area contributed by atoms with Crippen molar-refractivity contribution in [1.82, 2.24) is 5.32 Å². The molecule has 1 atom stereocenters. The van der Waals surface area contributed by atoms with Gasteiger partial charge in [0.25, 0.3) is 0 Å². The maximum Gasteiger partial charge on any atom is 0.0906 e. The highest BCUT2D eigenvalue weighted by molar-refractivity contribution is 7.98. The molecular weight excluding hydrogens is 161 g/mol. The molecule has 0 rings (SSSR count). The molecule has 0 aliphatic heterocycles. The molecule has 0 fully saturated rings. The van der Waals surface area contributed by atoms with E-state index < -0.39 is 0 Å². The Morgan fingerprint density at radius 2 is 2.27 bits per heavy atom. The van der Waals surface area contributed by atoms with E-state index in [-0.39, 0.29) is 6.67 Å². The fourth-order valence-electron chi connectivity index (χ4n) is 0.812. The first-order valence-electron chi connectivity index (χ1n) is 4.09. The smallest absolute Gasteiger partial charge is 0.0906 e. The molecule has 0 aliphatic rings. The number of nitrogens with one attached hydrogen (secondary N) is 1. The highest BCUT2D eigenvalue weighted by atomic mass is 32.2. The summed E-state index contributed by atoms with van der Waals surface area (Å²) in [5, 5.41) is 3.26. The topological polar surface area (TPSA) is 12.0 Å². The molecule has 0 aromatic carbocycles. The van der Waals surface area contributed by atoms with E-state index in [1.54, 1.807) is 0 Å². The molecule has 0 bridgehead atoms. The molecule has 0 saturated heterocycles. The van der Waals surface area contributed by atoms with Gasteiger partial charge in [-0.3, -0.25) is 4.39 Å². The van der Waals surface area contributed by atoms with Crippen molar-refractivity contribution in [3.05, 3.63) is 0 Å². The van der Waals surface area contributed by atoms with Crippen molar-refractivity contribution in [1.29, 1.82) is 0 Å². The van der Waals surface area contributed by atoms with Crippen LogP contribution < -0.4 is 5.32 Å². The summed E-state index contributed by atoms with van der Waals surface area (Å²) in [6, 6.07) is 0.536. The molecule has 1 nitrogen and oxygen atoms in total. The Labute approximate surface area is 73.1 Å². The van der Waals surface area contributed by atoms with Crippen LogP contribution >= 0.6 is 11.8 Å². The van der Waals surface area contributed by atoms with Crippen LogP contribution in [0.5, 0.6) is 0 Å². The lowest BCUT2D eigenvalue weighted by molar-refractivity contribution is 0.440. The van der Waals surface area contributed by atoms with Crippen LogP contribution in [-0.4, -0.2) is 31.3 Å². The van der Waals surface area contributed by atoms with Crippen LogP contribution in [0.15, 0.2) is 0 Å². The molecule has 0 spiro atoms. The molecular formula is C8H18FNS. The molecule has 0 saturated carbocycles. The second kappa shape index (κ2) is 8.34. The first-order valence-corrected chi connectivity index (χ1v) is 5.49. The Kier molecular flexibility index (Phi) is 8.52. The Morgan fingerprint density at radius 1 is 1.55 bits per heavy atom. The third kappa shape index (κ3) is 8.14. The zero-order valence-corrected chi connectivity index (χ0v) is 8.22. The van der Waals surface area contributed by atoms with Gasteiger partial charge in [0.1, 0.15) is 0 Å². The number of hydrogen-bond acceptors (Lipinski definition) is 2. The molecule has 68 valence electrons. The summed E-state index contributed by atoms with van der Waals surface area (Å²) in [6.45, 7) is 2.75. The van der Waals surface area contributed by atoms with Gasteiger partial charge in [0.15, 0.2) is 0 Å². The second-order valence-electron chi connectivity index (χ2n) is 2.68. The number of rotatable bonds is 7. The highest BCUT2D eigenvalue weighted by Gasteiger charge is 1.98. The maximum atomic E-state index is 11.7. The van der Waals surface area contributed by atoms with Gasteiger partial charge in [-0.15, -0.1) is 0 Å². The van der Waals surface area contributed by atoms with Gasteiger partial charge < -0.3 is 5.32 Å².